The number of rotatable bonds is 7. The maximum absolute atomic E-state index is 13.5. The number of hydrogen-bond acceptors (Lipinski definition) is 6. The first-order chi connectivity index (χ1) is 14.4. The molecular weight excluding hydrogens is 386 g/mol. The average Bonchev–Trinajstić information content (AvgIpc) is 3.11. The van der Waals surface area contributed by atoms with E-state index < -0.39 is 33.6 Å². The molecule has 0 fully saturated rings. The molecule has 0 saturated heterocycles. The van der Waals surface area contributed by atoms with Crippen LogP contribution in [0.25, 0.3) is 5.76 Å². The van der Waals surface area contributed by atoms with Crippen molar-refractivity contribution in [3.8, 4) is 0 Å². The zero-order valence-electron chi connectivity index (χ0n) is 16.4. The number of aromatic nitrogens is 2. The summed E-state index contributed by atoms with van der Waals surface area (Å²) in [6.07, 6.45) is 0. The lowest BCUT2D eigenvalue weighted by Gasteiger charge is -2.11. The number of benzene rings is 2. The lowest BCUT2D eigenvalue weighted by atomic mass is 9.94. The summed E-state index contributed by atoms with van der Waals surface area (Å²) < 4.78 is 1.36. The average molecular weight is 405 g/mol. The summed E-state index contributed by atoms with van der Waals surface area (Å²) in [5.74, 6) is -2.64. The largest absolute Gasteiger partial charge is 0.506 e. The second-order valence-corrected chi connectivity index (χ2v) is 6.45. The SMILES string of the molecule is CCn1c(C)nc([N+](=O)[O-])c1C(=O)/C(C(=O)c1ccccc1)=C(/O)c1ccccc1. The Morgan fingerprint density at radius 3 is 2.03 bits per heavy atom. The number of ketones is 2. The summed E-state index contributed by atoms with van der Waals surface area (Å²) in [4.78, 5) is 41.3. The Balaban J connectivity index is 2.28. The monoisotopic (exact) mass is 405 g/mol. The fraction of sp³-hybridized carbons (Fsp3) is 0.136. The number of Topliss-reactive ketones (excluding diaryl/α,β-unsaturated/α-hetero) is 2. The number of hydrogen-bond donors (Lipinski definition) is 1. The Hall–Kier alpha value is -4.07. The van der Waals surface area contributed by atoms with Crippen molar-refractivity contribution < 1.29 is 19.6 Å². The topological polar surface area (TPSA) is 115 Å². The molecule has 3 rings (SSSR count). The van der Waals surface area contributed by atoms with Gasteiger partial charge in [0.1, 0.15) is 11.3 Å². The molecule has 1 aromatic heterocycles. The van der Waals surface area contributed by atoms with E-state index in [1.807, 2.05) is 0 Å². The van der Waals surface area contributed by atoms with Gasteiger partial charge in [-0.3, -0.25) is 14.2 Å². The molecule has 0 aliphatic heterocycles. The van der Waals surface area contributed by atoms with Gasteiger partial charge in [-0.2, -0.15) is 0 Å². The lowest BCUT2D eigenvalue weighted by molar-refractivity contribution is -0.389. The zero-order chi connectivity index (χ0) is 21.8. The molecule has 152 valence electrons. The Morgan fingerprint density at radius 2 is 1.53 bits per heavy atom. The Labute approximate surface area is 172 Å². The normalized spacial score (nSPS) is 11.7. The van der Waals surface area contributed by atoms with Gasteiger partial charge in [0.25, 0.3) is 0 Å². The molecule has 0 amide bonds. The summed E-state index contributed by atoms with van der Waals surface area (Å²) in [6.45, 7) is 3.47. The van der Waals surface area contributed by atoms with Gasteiger partial charge in [0.05, 0.1) is 0 Å². The van der Waals surface area contributed by atoms with Crippen LogP contribution in [0.15, 0.2) is 66.2 Å². The number of nitro groups is 1. The van der Waals surface area contributed by atoms with Gasteiger partial charge in [-0.05, 0) is 16.8 Å². The van der Waals surface area contributed by atoms with Crippen molar-refractivity contribution in [2.75, 3.05) is 0 Å². The van der Waals surface area contributed by atoms with Crippen LogP contribution in [0.3, 0.4) is 0 Å². The Kier molecular flexibility index (Phi) is 5.87. The van der Waals surface area contributed by atoms with Crippen molar-refractivity contribution in [3.05, 3.63) is 99.0 Å². The minimum absolute atomic E-state index is 0.172. The van der Waals surface area contributed by atoms with Crippen molar-refractivity contribution in [1.82, 2.24) is 9.55 Å². The molecule has 8 heteroatoms. The second kappa shape index (κ2) is 8.52. The van der Waals surface area contributed by atoms with E-state index in [0.717, 1.165) is 0 Å². The van der Waals surface area contributed by atoms with E-state index in [9.17, 15) is 24.8 Å². The highest BCUT2D eigenvalue weighted by molar-refractivity contribution is 6.34. The van der Waals surface area contributed by atoms with Gasteiger partial charge in [0.15, 0.2) is 5.69 Å². The molecule has 0 aliphatic rings. The Morgan fingerprint density at radius 1 is 1.00 bits per heavy atom. The van der Waals surface area contributed by atoms with E-state index in [0.29, 0.717) is 0 Å². The molecular formula is C22H19N3O5. The predicted octanol–water partition coefficient (Wildman–Crippen LogP) is 4.15. The molecule has 0 bridgehead atoms. The van der Waals surface area contributed by atoms with Crippen molar-refractivity contribution in [3.63, 3.8) is 0 Å². The van der Waals surface area contributed by atoms with E-state index >= 15 is 0 Å². The van der Waals surface area contributed by atoms with Crippen LogP contribution in [-0.4, -0.2) is 31.1 Å². The minimum Gasteiger partial charge on any atom is -0.506 e. The van der Waals surface area contributed by atoms with Crippen molar-refractivity contribution in [1.29, 1.82) is 0 Å². The van der Waals surface area contributed by atoms with E-state index in [4.69, 9.17) is 0 Å². The van der Waals surface area contributed by atoms with Crippen LogP contribution >= 0.6 is 0 Å². The van der Waals surface area contributed by atoms with Gasteiger partial charge in [-0.25, -0.2) is 0 Å². The van der Waals surface area contributed by atoms with Gasteiger partial charge < -0.3 is 15.2 Å². The first-order valence-electron chi connectivity index (χ1n) is 9.21. The minimum atomic E-state index is -0.959. The molecule has 0 aliphatic carbocycles. The number of aliphatic hydroxyl groups excluding tert-OH is 1. The molecule has 0 radical (unpaired) electrons. The standard InChI is InChI=1S/C22H19N3O5/c1-3-24-14(2)23-22(25(29)30)18(24)21(28)17(19(26)15-10-6-4-7-11-15)20(27)16-12-8-5-9-13-16/h4-13,26H,3H2,1-2H3/b19-17+. The predicted molar refractivity (Wildman–Crippen MR) is 110 cm³/mol. The van der Waals surface area contributed by atoms with E-state index in [1.54, 1.807) is 43.3 Å². The summed E-state index contributed by atoms with van der Waals surface area (Å²) in [5, 5.41) is 22.4. The van der Waals surface area contributed by atoms with Crippen LogP contribution in [0, 0.1) is 17.0 Å². The van der Waals surface area contributed by atoms with E-state index in [2.05, 4.69) is 4.98 Å². The lowest BCUT2D eigenvalue weighted by Crippen LogP contribution is -2.20. The quantitative estimate of drug-likeness (QED) is 0.120. The number of carbonyl (C=O) groups excluding carboxylic acids is 2. The zero-order valence-corrected chi connectivity index (χ0v) is 16.4. The fourth-order valence-corrected chi connectivity index (χ4v) is 3.20. The molecule has 2 aromatic carbocycles. The molecule has 0 atom stereocenters. The summed E-state index contributed by atoms with van der Waals surface area (Å²) in [6, 6.07) is 16.0. The van der Waals surface area contributed by atoms with Gasteiger partial charge in [0, 0.05) is 24.6 Å². The van der Waals surface area contributed by atoms with Gasteiger partial charge in [0.2, 0.25) is 17.4 Å². The number of imidazole rings is 1. The second-order valence-electron chi connectivity index (χ2n) is 6.45. The number of carbonyl (C=O) groups is 2. The third-order valence-corrected chi connectivity index (χ3v) is 4.62. The smallest absolute Gasteiger partial charge is 0.393 e. The van der Waals surface area contributed by atoms with E-state index in [-0.39, 0.29) is 29.2 Å². The van der Waals surface area contributed by atoms with Crippen molar-refractivity contribution in [2.45, 2.75) is 20.4 Å². The molecule has 1 N–H and O–H groups in total. The number of allylic oxidation sites excluding steroid dienone is 1. The number of aryl methyl sites for hydroxylation is 1. The van der Waals surface area contributed by atoms with Crippen LogP contribution < -0.4 is 0 Å². The Bertz CT molecular complexity index is 1150. The van der Waals surface area contributed by atoms with Crippen molar-refractivity contribution >= 4 is 23.1 Å². The van der Waals surface area contributed by atoms with Crippen LogP contribution in [0.5, 0.6) is 0 Å². The summed E-state index contributed by atoms with van der Waals surface area (Å²) >= 11 is 0. The molecule has 3 aromatic rings. The van der Waals surface area contributed by atoms with Crippen LogP contribution in [0.4, 0.5) is 5.82 Å². The van der Waals surface area contributed by atoms with Crippen molar-refractivity contribution in [2.24, 2.45) is 0 Å². The van der Waals surface area contributed by atoms with Gasteiger partial charge >= 0.3 is 5.82 Å². The van der Waals surface area contributed by atoms with Gasteiger partial charge in [-0.15, -0.1) is 0 Å². The maximum Gasteiger partial charge on any atom is 0.393 e. The van der Waals surface area contributed by atoms with Crippen LogP contribution in [-0.2, 0) is 6.54 Å². The first-order valence-corrected chi connectivity index (χ1v) is 9.21. The van der Waals surface area contributed by atoms with Crippen LogP contribution in [0.1, 0.15) is 39.2 Å². The molecule has 0 spiro atoms. The molecule has 1 heterocycles. The number of aliphatic hydroxyl groups is 1. The van der Waals surface area contributed by atoms with Crippen LogP contribution in [0.2, 0.25) is 0 Å². The van der Waals surface area contributed by atoms with Gasteiger partial charge in [-0.1, -0.05) is 60.7 Å². The fourth-order valence-electron chi connectivity index (χ4n) is 3.20. The first kappa shape index (κ1) is 20.7. The third kappa shape index (κ3) is 3.75. The molecule has 30 heavy (non-hydrogen) atoms. The third-order valence-electron chi connectivity index (χ3n) is 4.62. The van der Waals surface area contributed by atoms with E-state index in [1.165, 1.54) is 35.8 Å². The molecule has 0 saturated carbocycles. The summed E-state index contributed by atoms with van der Waals surface area (Å²) in [7, 11) is 0. The molecule has 8 nitrogen and oxygen atoms in total. The highest BCUT2D eigenvalue weighted by Crippen LogP contribution is 2.28. The summed E-state index contributed by atoms with van der Waals surface area (Å²) in [5.41, 5.74) is -0.482. The highest BCUT2D eigenvalue weighted by atomic mass is 16.6. The molecule has 0 unspecified atom stereocenters. The maximum atomic E-state index is 13.5. The highest BCUT2D eigenvalue weighted by Gasteiger charge is 2.36. The number of nitrogens with zero attached hydrogens (tertiary/aromatic N) is 3.